The number of anilines is 2. The van der Waals surface area contributed by atoms with Crippen LogP contribution in [0, 0.1) is 5.82 Å². The van der Waals surface area contributed by atoms with Crippen molar-refractivity contribution in [3.05, 3.63) is 41.6 Å². The zero-order valence-electron chi connectivity index (χ0n) is 18.0. The highest BCUT2D eigenvalue weighted by Crippen LogP contribution is 2.32. The molecule has 0 saturated heterocycles. The molecule has 0 amide bonds. The van der Waals surface area contributed by atoms with Gasteiger partial charge >= 0.3 is 0 Å². The lowest BCUT2D eigenvalue weighted by atomic mass is 9.89. The first-order valence-corrected chi connectivity index (χ1v) is 12.0. The minimum Gasteiger partial charge on any atom is -0.483 e. The number of hydrogen-bond acceptors (Lipinski definition) is 8. The first-order chi connectivity index (χ1) is 15.7. The summed E-state index contributed by atoms with van der Waals surface area (Å²) in [6.45, 7) is 0.345. The SMILES string of the molecule is CN(CCO)[C@H]1CCCC[C@@H]1Nc1cc(F)c(S(=O)(=O)Nc2ccncn2)cc1Cl.O=CO. The predicted molar refractivity (Wildman–Crippen MR) is 122 cm³/mol. The van der Waals surface area contributed by atoms with Crippen molar-refractivity contribution in [2.45, 2.75) is 42.7 Å². The van der Waals surface area contributed by atoms with E-state index in [1.54, 1.807) is 0 Å². The Bertz CT molecular complexity index is 1020. The average molecular weight is 504 g/mol. The number of aliphatic hydroxyl groups is 1. The maximum absolute atomic E-state index is 14.8. The third-order valence-corrected chi connectivity index (χ3v) is 6.90. The molecule has 0 spiro atoms. The number of carbonyl (C=O) groups is 1. The number of halogens is 2. The molecule has 13 heteroatoms. The Kier molecular flexibility index (Phi) is 10.2. The lowest BCUT2D eigenvalue weighted by Gasteiger charge is -2.38. The van der Waals surface area contributed by atoms with Crippen molar-refractivity contribution in [2.75, 3.05) is 30.2 Å². The summed E-state index contributed by atoms with van der Waals surface area (Å²) in [7, 11) is -2.27. The van der Waals surface area contributed by atoms with E-state index < -0.39 is 20.7 Å². The predicted octanol–water partition coefficient (Wildman–Crippen LogP) is 2.42. The molecule has 1 aliphatic carbocycles. The zero-order chi connectivity index (χ0) is 24.4. The van der Waals surface area contributed by atoms with Gasteiger partial charge in [-0.2, -0.15) is 0 Å². The fourth-order valence-electron chi connectivity index (χ4n) is 3.72. The summed E-state index contributed by atoms with van der Waals surface area (Å²) >= 11 is 6.32. The van der Waals surface area contributed by atoms with Crippen LogP contribution in [0.5, 0.6) is 0 Å². The van der Waals surface area contributed by atoms with E-state index in [0.29, 0.717) is 12.2 Å². The minimum atomic E-state index is -4.21. The van der Waals surface area contributed by atoms with Crippen molar-refractivity contribution in [2.24, 2.45) is 0 Å². The highest BCUT2D eigenvalue weighted by Gasteiger charge is 2.29. The van der Waals surface area contributed by atoms with Crippen molar-refractivity contribution in [3.8, 4) is 0 Å². The number of aromatic nitrogens is 2. The van der Waals surface area contributed by atoms with Crippen LogP contribution >= 0.6 is 11.6 Å². The van der Waals surface area contributed by atoms with Crippen LogP contribution in [0.15, 0.2) is 35.6 Å². The summed E-state index contributed by atoms with van der Waals surface area (Å²) in [6, 6.07) is 3.73. The van der Waals surface area contributed by atoms with E-state index in [9.17, 15) is 17.9 Å². The Balaban J connectivity index is 0.00000122. The van der Waals surface area contributed by atoms with E-state index in [-0.39, 0.29) is 36.0 Å². The molecule has 1 saturated carbocycles. The lowest BCUT2D eigenvalue weighted by molar-refractivity contribution is -0.122. The Hall–Kier alpha value is -2.54. The molecule has 10 nitrogen and oxygen atoms in total. The molecule has 33 heavy (non-hydrogen) atoms. The molecule has 2 atom stereocenters. The first-order valence-electron chi connectivity index (χ1n) is 10.2. The van der Waals surface area contributed by atoms with Gasteiger partial charge in [0.15, 0.2) is 0 Å². The molecule has 1 aliphatic rings. The van der Waals surface area contributed by atoms with Crippen molar-refractivity contribution in [1.82, 2.24) is 14.9 Å². The number of nitrogens with zero attached hydrogens (tertiary/aromatic N) is 3. The maximum atomic E-state index is 14.8. The van der Waals surface area contributed by atoms with E-state index in [1.807, 2.05) is 7.05 Å². The third-order valence-electron chi connectivity index (χ3n) is 5.22. The van der Waals surface area contributed by atoms with Crippen LogP contribution < -0.4 is 10.0 Å². The monoisotopic (exact) mass is 503 g/mol. The molecule has 0 radical (unpaired) electrons. The van der Waals surface area contributed by atoms with Gasteiger partial charge in [-0.25, -0.2) is 22.8 Å². The Labute approximate surface area is 196 Å². The number of benzene rings is 1. The van der Waals surface area contributed by atoms with Crippen LogP contribution in [-0.2, 0) is 14.8 Å². The third kappa shape index (κ3) is 7.49. The van der Waals surface area contributed by atoms with Gasteiger partial charge in [0, 0.05) is 24.8 Å². The number of aliphatic hydroxyl groups excluding tert-OH is 1. The number of nitrogens with one attached hydrogen (secondary N) is 2. The van der Waals surface area contributed by atoms with Gasteiger partial charge in [0.1, 0.15) is 22.9 Å². The number of likely N-dealkylation sites (N-methyl/N-ethyl adjacent to an activating group) is 1. The van der Waals surface area contributed by atoms with Gasteiger partial charge in [-0.1, -0.05) is 24.4 Å². The molecule has 0 bridgehead atoms. The quantitative estimate of drug-likeness (QED) is 0.399. The molecule has 0 aliphatic heterocycles. The van der Waals surface area contributed by atoms with Crippen LogP contribution in [0.2, 0.25) is 5.02 Å². The molecule has 4 N–H and O–H groups in total. The second-order valence-electron chi connectivity index (χ2n) is 7.37. The molecule has 0 unspecified atom stereocenters. The molecule has 1 aromatic carbocycles. The van der Waals surface area contributed by atoms with E-state index in [1.165, 1.54) is 18.6 Å². The number of carboxylic acid groups (broad SMARTS) is 1. The Morgan fingerprint density at radius 2 is 2.03 bits per heavy atom. The van der Waals surface area contributed by atoms with Crippen molar-refractivity contribution in [1.29, 1.82) is 0 Å². The average Bonchev–Trinajstić information content (AvgIpc) is 2.77. The number of hydrogen-bond donors (Lipinski definition) is 4. The van der Waals surface area contributed by atoms with Crippen molar-refractivity contribution < 1.29 is 27.8 Å². The van der Waals surface area contributed by atoms with Gasteiger partial charge in [0.2, 0.25) is 0 Å². The summed E-state index contributed by atoms with van der Waals surface area (Å²) in [4.78, 5) is 17.4. The maximum Gasteiger partial charge on any atom is 0.290 e. The van der Waals surface area contributed by atoms with Crippen molar-refractivity contribution >= 4 is 39.6 Å². The molecule has 3 rings (SSSR count). The van der Waals surface area contributed by atoms with E-state index in [2.05, 4.69) is 24.9 Å². The second-order valence-corrected chi connectivity index (χ2v) is 9.43. The molecule has 1 aromatic heterocycles. The summed E-state index contributed by atoms with van der Waals surface area (Å²) in [5.74, 6) is -0.890. The van der Waals surface area contributed by atoms with Crippen LogP contribution in [0.1, 0.15) is 25.7 Å². The summed E-state index contributed by atoms with van der Waals surface area (Å²) < 4.78 is 42.1. The van der Waals surface area contributed by atoms with Gasteiger partial charge in [0.25, 0.3) is 16.5 Å². The van der Waals surface area contributed by atoms with Crippen LogP contribution in [-0.4, -0.2) is 72.3 Å². The molecule has 1 heterocycles. The zero-order valence-corrected chi connectivity index (χ0v) is 19.6. The van der Waals surface area contributed by atoms with Crippen LogP contribution in [0.3, 0.4) is 0 Å². The highest BCUT2D eigenvalue weighted by atomic mass is 35.5. The normalized spacial score (nSPS) is 18.2. The fraction of sp³-hybridized carbons (Fsp3) is 0.450. The molecule has 1 fully saturated rings. The molecule has 2 aromatic rings. The molecular weight excluding hydrogens is 477 g/mol. The lowest BCUT2D eigenvalue weighted by Crippen LogP contribution is -2.48. The van der Waals surface area contributed by atoms with E-state index in [4.69, 9.17) is 21.5 Å². The van der Waals surface area contributed by atoms with Gasteiger partial charge in [-0.3, -0.25) is 14.4 Å². The van der Waals surface area contributed by atoms with Crippen molar-refractivity contribution in [3.63, 3.8) is 0 Å². The Morgan fingerprint density at radius 3 is 2.67 bits per heavy atom. The van der Waals surface area contributed by atoms with Crippen LogP contribution in [0.4, 0.5) is 15.9 Å². The van der Waals surface area contributed by atoms with E-state index in [0.717, 1.165) is 37.8 Å². The van der Waals surface area contributed by atoms with Gasteiger partial charge in [0.05, 0.1) is 17.3 Å². The number of rotatable bonds is 8. The smallest absolute Gasteiger partial charge is 0.290 e. The fourth-order valence-corrected chi connectivity index (χ4v) is 5.10. The number of sulfonamides is 1. The second kappa shape index (κ2) is 12.6. The molecular formula is C20H27ClFN5O5S. The standard InChI is InChI=1S/C19H25ClFN5O3S.CH2O2/c1-26(8-9-27)17-5-3-2-4-15(17)24-16-11-14(21)18(10-13(16)20)30(28,29)25-19-6-7-22-12-23-19;2-1-3/h6-7,10-12,15,17,24,27H,2-5,8-9H2,1H3,(H,22,23,25);1H,(H,2,3)/t15-,17-;/m0./s1. The Morgan fingerprint density at radius 1 is 1.33 bits per heavy atom. The van der Waals surface area contributed by atoms with Crippen LogP contribution in [0.25, 0.3) is 0 Å². The van der Waals surface area contributed by atoms with Gasteiger partial charge < -0.3 is 15.5 Å². The van der Waals surface area contributed by atoms with Gasteiger partial charge in [-0.05, 0) is 38.1 Å². The molecule has 182 valence electrons. The first kappa shape index (κ1) is 26.7. The topological polar surface area (TPSA) is 145 Å². The minimum absolute atomic E-state index is 0.00815. The highest BCUT2D eigenvalue weighted by molar-refractivity contribution is 7.92. The summed E-state index contributed by atoms with van der Waals surface area (Å²) in [6.07, 6.45) is 6.47. The summed E-state index contributed by atoms with van der Waals surface area (Å²) in [5.41, 5.74) is 0.337. The summed E-state index contributed by atoms with van der Waals surface area (Å²) in [5, 5.41) is 19.5. The largest absolute Gasteiger partial charge is 0.483 e. The van der Waals surface area contributed by atoms with E-state index >= 15 is 0 Å². The van der Waals surface area contributed by atoms with Gasteiger partial charge in [-0.15, -0.1) is 0 Å².